The molecule has 2 aromatic rings. The predicted octanol–water partition coefficient (Wildman–Crippen LogP) is 1.87. The van der Waals surface area contributed by atoms with E-state index >= 15 is 0 Å². The van der Waals surface area contributed by atoms with Crippen molar-refractivity contribution in [3.63, 3.8) is 0 Å². The fraction of sp³-hybridized carbons (Fsp3) is 0.0833. The molecule has 0 aliphatic heterocycles. The van der Waals surface area contributed by atoms with Crippen molar-refractivity contribution in [1.82, 2.24) is 0 Å². The summed E-state index contributed by atoms with van der Waals surface area (Å²) in [5, 5.41) is 4.89. The number of nitrogens with two attached hydrogens (primary N) is 1. The maximum absolute atomic E-state index is 10.4. The molecule has 0 unspecified atom stereocenters. The van der Waals surface area contributed by atoms with E-state index in [1.165, 1.54) is 0 Å². The van der Waals surface area contributed by atoms with Gasteiger partial charge in [-0.15, -0.1) is 0 Å². The van der Waals surface area contributed by atoms with E-state index in [2.05, 4.69) is 5.32 Å². The molecule has 0 saturated heterocycles. The van der Waals surface area contributed by atoms with Crippen molar-refractivity contribution in [2.24, 2.45) is 5.73 Å². The average molecular weight is 200 g/mol. The third-order valence-corrected chi connectivity index (χ3v) is 2.41. The lowest BCUT2D eigenvalue weighted by molar-refractivity contribution is -0.105. The van der Waals surface area contributed by atoms with Crippen LogP contribution >= 0.6 is 0 Å². The first-order valence-corrected chi connectivity index (χ1v) is 4.77. The Morgan fingerprint density at radius 2 is 1.87 bits per heavy atom. The third-order valence-electron chi connectivity index (χ3n) is 2.41. The Bertz CT molecular complexity index is 494. The Morgan fingerprint density at radius 1 is 1.20 bits per heavy atom. The largest absolute Gasteiger partial charge is 0.328 e. The summed E-state index contributed by atoms with van der Waals surface area (Å²) in [6.07, 6.45) is 0.670. The second-order valence-corrected chi connectivity index (χ2v) is 3.32. The van der Waals surface area contributed by atoms with Crippen LogP contribution in [0.1, 0.15) is 5.56 Å². The SMILES string of the molecule is NCc1cc2ccccc2cc1NC=O. The van der Waals surface area contributed by atoms with Gasteiger partial charge in [0, 0.05) is 12.2 Å². The highest BCUT2D eigenvalue weighted by atomic mass is 16.1. The summed E-state index contributed by atoms with van der Waals surface area (Å²) in [7, 11) is 0. The second-order valence-electron chi connectivity index (χ2n) is 3.32. The van der Waals surface area contributed by atoms with Gasteiger partial charge < -0.3 is 11.1 Å². The van der Waals surface area contributed by atoms with Gasteiger partial charge in [0.2, 0.25) is 6.41 Å². The molecule has 0 heterocycles. The molecule has 0 fully saturated rings. The van der Waals surface area contributed by atoms with E-state index in [0.717, 1.165) is 22.0 Å². The minimum atomic E-state index is 0.418. The Labute approximate surface area is 87.9 Å². The summed E-state index contributed by atoms with van der Waals surface area (Å²) in [4.78, 5) is 10.4. The quantitative estimate of drug-likeness (QED) is 0.743. The van der Waals surface area contributed by atoms with Gasteiger partial charge in [0.15, 0.2) is 0 Å². The fourth-order valence-electron chi connectivity index (χ4n) is 1.65. The lowest BCUT2D eigenvalue weighted by Crippen LogP contribution is -2.03. The molecule has 0 aromatic heterocycles. The van der Waals surface area contributed by atoms with Crippen molar-refractivity contribution >= 4 is 22.9 Å². The first-order valence-electron chi connectivity index (χ1n) is 4.77. The molecule has 2 rings (SSSR count). The van der Waals surface area contributed by atoms with Crippen LogP contribution < -0.4 is 11.1 Å². The van der Waals surface area contributed by atoms with Gasteiger partial charge >= 0.3 is 0 Å². The number of carbonyl (C=O) groups is 1. The van der Waals surface area contributed by atoms with Crippen molar-refractivity contribution in [2.75, 3.05) is 5.32 Å². The molecule has 2 aromatic carbocycles. The molecule has 0 saturated carbocycles. The van der Waals surface area contributed by atoms with E-state index in [1.54, 1.807) is 0 Å². The number of benzene rings is 2. The van der Waals surface area contributed by atoms with Gasteiger partial charge in [-0.3, -0.25) is 4.79 Å². The highest BCUT2D eigenvalue weighted by Crippen LogP contribution is 2.23. The van der Waals surface area contributed by atoms with Crippen LogP contribution in [0.5, 0.6) is 0 Å². The third kappa shape index (κ3) is 1.82. The van der Waals surface area contributed by atoms with Gasteiger partial charge in [-0.25, -0.2) is 0 Å². The van der Waals surface area contributed by atoms with Gasteiger partial charge in [0.05, 0.1) is 0 Å². The number of carbonyl (C=O) groups excluding carboxylic acids is 1. The standard InChI is InChI=1S/C12H12N2O/c13-7-11-5-9-3-1-2-4-10(9)6-12(11)14-8-15/h1-6,8H,7,13H2,(H,14,15). The van der Waals surface area contributed by atoms with E-state index < -0.39 is 0 Å². The molecule has 3 heteroatoms. The molecule has 0 radical (unpaired) electrons. The van der Waals surface area contributed by atoms with Crippen molar-refractivity contribution in [3.05, 3.63) is 42.0 Å². The van der Waals surface area contributed by atoms with Crippen molar-refractivity contribution in [3.8, 4) is 0 Å². The fourth-order valence-corrected chi connectivity index (χ4v) is 1.65. The van der Waals surface area contributed by atoms with Crippen LogP contribution in [0.4, 0.5) is 5.69 Å². The van der Waals surface area contributed by atoms with Crippen LogP contribution in [-0.4, -0.2) is 6.41 Å². The van der Waals surface area contributed by atoms with Gasteiger partial charge in [-0.05, 0) is 28.5 Å². The predicted molar refractivity (Wildman–Crippen MR) is 61.5 cm³/mol. The average Bonchev–Trinajstić information content (AvgIpc) is 2.28. The van der Waals surface area contributed by atoms with Crippen LogP contribution in [-0.2, 0) is 11.3 Å². The zero-order valence-electron chi connectivity index (χ0n) is 8.23. The molecular weight excluding hydrogens is 188 g/mol. The van der Waals surface area contributed by atoms with Crippen molar-refractivity contribution in [2.45, 2.75) is 6.54 Å². The minimum absolute atomic E-state index is 0.418. The number of nitrogens with one attached hydrogen (secondary N) is 1. The van der Waals surface area contributed by atoms with Crippen LogP contribution in [0.25, 0.3) is 10.8 Å². The zero-order chi connectivity index (χ0) is 10.7. The summed E-state index contributed by atoms with van der Waals surface area (Å²) in [6.45, 7) is 0.418. The summed E-state index contributed by atoms with van der Waals surface area (Å²) in [5.41, 5.74) is 7.34. The Hall–Kier alpha value is -1.87. The van der Waals surface area contributed by atoms with E-state index in [4.69, 9.17) is 5.73 Å². The molecule has 0 aliphatic carbocycles. The molecule has 76 valence electrons. The van der Waals surface area contributed by atoms with E-state index in [-0.39, 0.29) is 0 Å². The molecule has 1 amide bonds. The molecule has 3 nitrogen and oxygen atoms in total. The maximum Gasteiger partial charge on any atom is 0.211 e. The Morgan fingerprint density at radius 3 is 2.47 bits per heavy atom. The van der Waals surface area contributed by atoms with Crippen LogP contribution in [0.2, 0.25) is 0 Å². The Balaban J connectivity index is 2.63. The number of hydrogen-bond donors (Lipinski definition) is 2. The smallest absolute Gasteiger partial charge is 0.211 e. The number of rotatable bonds is 3. The first-order chi connectivity index (χ1) is 7.35. The maximum atomic E-state index is 10.4. The molecule has 15 heavy (non-hydrogen) atoms. The van der Waals surface area contributed by atoms with Gasteiger partial charge in [-0.2, -0.15) is 0 Å². The highest BCUT2D eigenvalue weighted by molar-refractivity contribution is 5.89. The van der Waals surface area contributed by atoms with Crippen LogP contribution in [0.15, 0.2) is 36.4 Å². The Kier molecular flexibility index (Phi) is 2.65. The zero-order valence-corrected chi connectivity index (χ0v) is 8.23. The molecule has 3 N–H and O–H groups in total. The summed E-state index contributed by atoms with van der Waals surface area (Å²) in [6, 6.07) is 11.9. The summed E-state index contributed by atoms with van der Waals surface area (Å²) in [5.74, 6) is 0. The van der Waals surface area contributed by atoms with Gasteiger partial charge in [-0.1, -0.05) is 24.3 Å². The van der Waals surface area contributed by atoms with Crippen LogP contribution in [0.3, 0.4) is 0 Å². The number of anilines is 1. The molecule has 0 bridgehead atoms. The lowest BCUT2D eigenvalue weighted by Gasteiger charge is -2.08. The van der Waals surface area contributed by atoms with Crippen LogP contribution in [0, 0.1) is 0 Å². The first kappa shape index (κ1) is 9.68. The summed E-state index contributed by atoms with van der Waals surface area (Å²) >= 11 is 0. The monoisotopic (exact) mass is 200 g/mol. The lowest BCUT2D eigenvalue weighted by atomic mass is 10.0. The van der Waals surface area contributed by atoms with Gasteiger partial charge in [0.1, 0.15) is 0 Å². The molecule has 0 aliphatic rings. The molecule has 0 spiro atoms. The number of amides is 1. The topological polar surface area (TPSA) is 55.1 Å². The summed E-state index contributed by atoms with van der Waals surface area (Å²) < 4.78 is 0. The van der Waals surface area contributed by atoms with Crippen molar-refractivity contribution in [1.29, 1.82) is 0 Å². The normalized spacial score (nSPS) is 10.2. The molecular formula is C12H12N2O. The van der Waals surface area contributed by atoms with E-state index in [0.29, 0.717) is 13.0 Å². The van der Waals surface area contributed by atoms with Crippen molar-refractivity contribution < 1.29 is 4.79 Å². The number of hydrogen-bond acceptors (Lipinski definition) is 2. The minimum Gasteiger partial charge on any atom is -0.328 e. The second kappa shape index (κ2) is 4.11. The van der Waals surface area contributed by atoms with E-state index in [1.807, 2.05) is 36.4 Å². The number of fused-ring (bicyclic) bond motifs is 1. The molecule has 0 atom stereocenters. The van der Waals surface area contributed by atoms with Gasteiger partial charge in [0.25, 0.3) is 0 Å². The van der Waals surface area contributed by atoms with E-state index in [9.17, 15) is 4.79 Å². The highest BCUT2D eigenvalue weighted by Gasteiger charge is 2.02.